The van der Waals surface area contributed by atoms with Gasteiger partial charge in [-0.15, -0.1) is 0 Å². The summed E-state index contributed by atoms with van der Waals surface area (Å²) < 4.78 is 28.8. The molecule has 0 radical (unpaired) electrons. The Labute approximate surface area is 144 Å². The zero-order chi connectivity index (χ0) is 17.4. The van der Waals surface area contributed by atoms with E-state index in [1.807, 2.05) is 38.1 Å². The predicted octanol–water partition coefficient (Wildman–Crippen LogP) is 1.51. The molecule has 1 aromatic carbocycles. The third-order valence-corrected chi connectivity index (χ3v) is 5.61. The van der Waals surface area contributed by atoms with E-state index in [0.717, 1.165) is 24.3 Å². The number of ether oxygens (including phenoxy) is 1. The van der Waals surface area contributed by atoms with Crippen LogP contribution in [0.5, 0.6) is 5.75 Å². The van der Waals surface area contributed by atoms with Gasteiger partial charge < -0.3 is 15.4 Å². The highest BCUT2D eigenvalue weighted by Gasteiger charge is 2.28. The van der Waals surface area contributed by atoms with Crippen LogP contribution in [-0.4, -0.2) is 51.6 Å². The van der Waals surface area contributed by atoms with Gasteiger partial charge in [0.15, 0.2) is 15.8 Å². The number of benzene rings is 1. The van der Waals surface area contributed by atoms with Crippen LogP contribution < -0.4 is 15.4 Å². The molecule has 134 valence electrons. The smallest absolute Gasteiger partial charge is 0.191 e. The molecular formula is C17H27N3O3S. The van der Waals surface area contributed by atoms with Gasteiger partial charge in [0.2, 0.25) is 0 Å². The predicted molar refractivity (Wildman–Crippen MR) is 97.5 cm³/mol. The quantitative estimate of drug-likeness (QED) is 0.441. The maximum Gasteiger partial charge on any atom is 0.191 e. The van der Waals surface area contributed by atoms with E-state index in [1.165, 1.54) is 0 Å². The Morgan fingerprint density at radius 2 is 2.17 bits per heavy atom. The molecule has 0 aromatic heterocycles. The fraction of sp³-hybridized carbons (Fsp3) is 0.588. The lowest BCUT2D eigenvalue weighted by Gasteiger charge is -2.15. The Kier molecular flexibility index (Phi) is 6.90. The molecule has 0 saturated carbocycles. The van der Waals surface area contributed by atoms with Gasteiger partial charge in [-0.25, -0.2) is 8.42 Å². The molecule has 7 heteroatoms. The number of rotatable bonds is 7. The van der Waals surface area contributed by atoms with Crippen LogP contribution in [0.15, 0.2) is 29.3 Å². The normalized spacial score (nSPS) is 19.9. The van der Waals surface area contributed by atoms with E-state index in [2.05, 4.69) is 15.6 Å². The number of sulfone groups is 1. The molecule has 1 aliphatic rings. The van der Waals surface area contributed by atoms with Gasteiger partial charge in [0.1, 0.15) is 5.75 Å². The van der Waals surface area contributed by atoms with E-state index in [1.54, 1.807) is 0 Å². The molecule has 2 N–H and O–H groups in total. The number of nitrogens with zero attached hydrogens (tertiary/aromatic N) is 1. The third-order valence-electron chi connectivity index (χ3n) is 3.84. The van der Waals surface area contributed by atoms with Crippen molar-refractivity contribution in [1.29, 1.82) is 0 Å². The molecule has 0 amide bonds. The molecule has 1 heterocycles. The molecule has 1 aliphatic heterocycles. The van der Waals surface area contributed by atoms with Gasteiger partial charge in [-0.2, -0.15) is 0 Å². The minimum atomic E-state index is -2.89. The molecule has 1 aromatic rings. The van der Waals surface area contributed by atoms with E-state index in [9.17, 15) is 8.42 Å². The van der Waals surface area contributed by atoms with Gasteiger partial charge in [0, 0.05) is 25.6 Å². The van der Waals surface area contributed by atoms with E-state index in [0.29, 0.717) is 25.5 Å². The van der Waals surface area contributed by atoms with Crippen molar-refractivity contribution >= 4 is 15.8 Å². The molecule has 0 aliphatic carbocycles. The van der Waals surface area contributed by atoms with Crippen LogP contribution in [0.2, 0.25) is 0 Å². The van der Waals surface area contributed by atoms with Crippen LogP contribution in [0.4, 0.5) is 0 Å². The first-order chi connectivity index (χ1) is 11.5. The maximum absolute atomic E-state index is 11.5. The van der Waals surface area contributed by atoms with Gasteiger partial charge in [0.25, 0.3) is 0 Å². The van der Waals surface area contributed by atoms with Gasteiger partial charge in [-0.3, -0.25) is 4.99 Å². The molecule has 6 nitrogen and oxygen atoms in total. The Morgan fingerprint density at radius 1 is 1.38 bits per heavy atom. The van der Waals surface area contributed by atoms with Crippen molar-refractivity contribution in [2.24, 2.45) is 4.99 Å². The molecule has 1 atom stereocenters. The van der Waals surface area contributed by atoms with Gasteiger partial charge >= 0.3 is 0 Å². The van der Waals surface area contributed by atoms with E-state index >= 15 is 0 Å². The van der Waals surface area contributed by atoms with E-state index in [4.69, 9.17) is 4.74 Å². The largest absolute Gasteiger partial charge is 0.493 e. The molecule has 24 heavy (non-hydrogen) atoms. The lowest BCUT2D eigenvalue weighted by atomic mass is 10.2. The second-order valence-corrected chi connectivity index (χ2v) is 8.20. The van der Waals surface area contributed by atoms with Crippen molar-refractivity contribution < 1.29 is 13.2 Å². The van der Waals surface area contributed by atoms with Crippen LogP contribution in [0.25, 0.3) is 0 Å². The highest BCUT2D eigenvalue weighted by molar-refractivity contribution is 7.91. The number of nitrogens with one attached hydrogen (secondary N) is 2. The monoisotopic (exact) mass is 353 g/mol. The number of aliphatic imine (C=N–C) groups is 1. The van der Waals surface area contributed by atoms with Crippen LogP contribution in [0.3, 0.4) is 0 Å². The Bertz CT molecular complexity index is 659. The van der Waals surface area contributed by atoms with Crippen molar-refractivity contribution in [3.05, 3.63) is 29.8 Å². The lowest BCUT2D eigenvalue weighted by molar-refractivity contribution is 0.311. The summed E-state index contributed by atoms with van der Waals surface area (Å²) in [6.07, 6.45) is 1.44. The van der Waals surface area contributed by atoms with E-state index in [-0.39, 0.29) is 17.5 Å². The summed E-state index contributed by atoms with van der Waals surface area (Å²) in [5, 5.41) is 6.37. The first-order valence-corrected chi connectivity index (χ1v) is 10.3. The van der Waals surface area contributed by atoms with Crippen molar-refractivity contribution in [2.45, 2.75) is 32.7 Å². The van der Waals surface area contributed by atoms with Gasteiger partial charge in [-0.05, 0) is 31.9 Å². The summed E-state index contributed by atoms with van der Waals surface area (Å²) in [6, 6.07) is 7.89. The fourth-order valence-corrected chi connectivity index (χ4v) is 4.25. The lowest BCUT2D eigenvalue weighted by Crippen LogP contribution is -2.44. The Hall–Kier alpha value is -1.76. The second kappa shape index (κ2) is 8.92. The highest BCUT2D eigenvalue weighted by atomic mass is 32.2. The molecule has 1 unspecified atom stereocenters. The summed E-state index contributed by atoms with van der Waals surface area (Å²) in [6.45, 7) is 5.98. The third kappa shape index (κ3) is 6.03. The first kappa shape index (κ1) is 18.6. The standard InChI is InChI=1S/C17H27N3O3S/c1-3-18-17(20-15-9-12-24(21,22)13-15)19-10-6-11-23-16-8-5-4-7-14(16)2/h4-5,7-8,15H,3,6,9-13H2,1-2H3,(H2,18,19,20). The summed E-state index contributed by atoms with van der Waals surface area (Å²) in [5.74, 6) is 2.03. The highest BCUT2D eigenvalue weighted by Crippen LogP contribution is 2.16. The average Bonchev–Trinajstić information content (AvgIpc) is 2.87. The van der Waals surface area contributed by atoms with Crippen LogP contribution >= 0.6 is 0 Å². The van der Waals surface area contributed by atoms with E-state index < -0.39 is 9.84 Å². The van der Waals surface area contributed by atoms with Crippen LogP contribution in [0.1, 0.15) is 25.3 Å². The molecular weight excluding hydrogens is 326 g/mol. The number of hydrogen-bond donors (Lipinski definition) is 2. The van der Waals surface area contributed by atoms with Gasteiger partial charge in [-0.1, -0.05) is 18.2 Å². The molecule has 0 spiro atoms. The Morgan fingerprint density at radius 3 is 2.83 bits per heavy atom. The fourth-order valence-electron chi connectivity index (χ4n) is 2.58. The number of hydrogen-bond acceptors (Lipinski definition) is 4. The number of para-hydroxylation sites is 1. The second-order valence-electron chi connectivity index (χ2n) is 5.97. The summed E-state index contributed by atoms with van der Waals surface area (Å²) in [4.78, 5) is 4.50. The van der Waals surface area contributed by atoms with Crippen LogP contribution in [0, 0.1) is 6.92 Å². The number of aryl methyl sites for hydroxylation is 1. The zero-order valence-electron chi connectivity index (χ0n) is 14.4. The maximum atomic E-state index is 11.5. The molecule has 1 saturated heterocycles. The first-order valence-electron chi connectivity index (χ1n) is 8.44. The summed E-state index contributed by atoms with van der Waals surface area (Å²) in [7, 11) is -2.89. The topological polar surface area (TPSA) is 79.8 Å². The van der Waals surface area contributed by atoms with Gasteiger partial charge in [0.05, 0.1) is 18.1 Å². The van der Waals surface area contributed by atoms with Crippen molar-refractivity contribution in [3.63, 3.8) is 0 Å². The van der Waals surface area contributed by atoms with Crippen molar-refractivity contribution in [1.82, 2.24) is 10.6 Å². The summed E-state index contributed by atoms with van der Waals surface area (Å²) >= 11 is 0. The minimum Gasteiger partial charge on any atom is -0.493 e. The number of guanidine groups is 1. The SMILES string of the molecule is CCNC(=NCCCOc1ccccc1C)NC1CCS(=O)(=O)C1. The minimum absolute atomic E-state index is 0.0454. The van der Waals surface area contributed by atoms with Crippen molar-refractivity contribution in [3.8, 4) is 5.75 Å². The summed E-state index contributed by atoms with van der Waals surface area (Å²) in [5.41, 5.74) is 1.12. The molecule has 2 rings (SSSR count). The zero-order valence-corrected chi connectivity index (χ0v) is 15.2. The molecule has 0 bridgehead atoms. The Balaban J connectivity index is 1.76. The molecule has 1 fully saturated rings. The average molecular weight is 353 g/mol. The van der Waals surface area contributed by atoms with Crippen LogP contribution in [-0.2, 0) is 9.84 Å². The van der Waals surface area contributed by atoms with Crippen molar-refractivity contribution in [2.75, 3.05) is 31.2 Å².